The Labute approximate surface area is 104 Å². The maximum absolute atomic E-state index is 11.7. The Kier molecular flexibility index (Phi) is 2.92. The van der Waals surface area contributed by atoms with Crippen LogP contribution in [0.5, 0.6) is 0 Å². The molecular weight excluding hydrogens is 240 g/mol. The molecule has 2 rings (SSSR count). The molecule has 1 amide bonds. The molecule has 5 nitrogen and oxygen atoms in total. The van der Waals surface area contributed by atoms with Crippen LogP contribution in [0, 0.1) is 11.3 Å². The van der Waals surface area contributed by atoms with E-state index in [4.69, 9.17) is 28.3 Å². The summed E-state index contributed by atoms with van der Waals surface area (Å²) in [6.45, 7) is 0.412. The van der Waals surface area contributed by atoms with Crippen LogP contribution in [0.15, 0.2) is 12.1 Å². The van der Waals surface area contributed by atoms with Gasteiger partial charge in [0, 0.05) is 19.0 Å². The van der Waals surface area contributed by atoms with Crippen molar-refractivity contribution < 1.29 is 4.79 Å². The van der Waals surface area contributed by atoms with Gasteiger partial charge < -0.3 is 16.4 Å². The molecule has 0 aliphatic carbocycles. The smallest absolute Gasteiger partial charge is 0.228 e. The van der Waals surface area contributed by atoms with Gasteiger partial charge in [-0.2, -0.15) is 5.26 Å². The highest BCUT2D eigenvalue weighted by Crippen LogP contribution is 2.33. The van der Waals surface area contributed by atoms with Gasteiger partial charge in [-0.15, -0.1) is 0 Å². The molecule has 1 saturated heterocycles. The summed E-state index contributed by atoms with van der Waals surface area (Å²) in [7, 11) is 0. The Balaban J connectivity index is 2.48. The Morgan fingerprint density at radius 1 is 1.53 bits per heavy atom. The molecule has 6 heteroatoms. The SMILES string of the molecule is N#Cc1c(Cl)ccc(N2CC(N)CC2=O)c1N. The lowest BCUT2D eigenvalue weighted by molar-refractivity contribution is -0.117. The van der Waals surface area contributed by atoms with Gasteiger partial charge in [0.15, 0.2) is 0 Å². The molecule has 17 heavy (non-hydrogen) atoms. The van der Waals surface area contributed by atoms with E-state index in [0.717, 1.165) is 0 Å². The number of benzene rings is 1. The number of nitriles is 1. The van der Waals surface area contributed by atoms with Gasteiger partial charge in [-0.05, 0) is 12.1 Å². The summed E-state index contributed by atoms with van der Waals surface area (Å²) in [4.78, 5) is 13.2. The molecular formula is C11H11ClN4O. The minimum atomic E-state index is -0.192. The Hall–Kier alpha value is -1.77. The third-order valence-corrected chi connectivity index (χ3v) is 3.04. The number of nitrogens with zero attached hydrogens (tertiary/aromatic N) is 2. The zero-order valence-corrected chi connectivity index (χ0v) is 9.74. The average molecular weight is 251 g/mol. The summed E-state index contributed by atoms with van der Waals surface area (Å²) >= 11 is 5.84. The van der Waals surface area contributed by atoms with Crippen LogP contribution in [0.2, 0.25) is 5.02 Å². The summed E-state index contributed by atoms with van der Waals surface area (Å²) in [5.74, 6) is -0.0876. The molecule has 88 valence electrons. The van der Waals surface area contributed by atoms with E-state index in [0.29, 0.717) is 18.7 Å². The zero-order valence-electron chi connectivity index (χ0n) is 8.98. The fourth-order valence-electron chi connectivity index (χ4n) is 1.90. The van der Waals surface area contributed by atoms with Crippen LogP contribution in [0.4, 0.5) is 11.4 Å². The molecule has 0 spiro atoms. The number of hydrogen-bond acceptors (Lipinski definition) is 4. The van der Waals surface area contributed by atoms with Gasteiger partial charge >= 0.3 is 0 Å². The summed E-state index contributed by atoms with van der Waals surface area (Å²) < 4.78 is 0. The lowest BCUT2D eigenvalue weighted by Crippen LogP contribution is -2.28. The number of rotatable bonds is 1. The van der Waals surface area contributed by atoms with Crippen LogP contribution in [0.1, 0.15) is 12.0 Å². The molecule has 1 aliphatic heterocycles. The van der Waals surface area contributed by atoms with Gasteiger partial charge in [-0.1, -0.05) is 11.6 Å². The molecule has 1 atom stereocenters. The van der Waals surface area contributed by atoms with Crippen molar-refractivity contribution in [2.75, 3.05) is 17.2 Å². The third-order valence-electron chi connectivity index (χ3n) is 2.73. The van der Waals surface area contributed by atoms with E-state index in [9.17, 15) is 4.79 Å². The molecule has 0 saturated carbocycles. The van der Waals surface area contributed by atoms with Crippen molar-refractivity contribution in [2.24, 2.45) is 5.73 Å². The van der Waals surface area contributed by atoms with E-state index < -0.39 is 0 Å². The summed E-state index contributed by atoms with van der Waals surface area (Å²) in [5, 5.41) is 9.22. The van der Waals surface area contributed by atoms with Crippen LogP contribution < -0.4 is 16.4 Å². The molecule has 1 heterocycles. The van der Waals surface area contributed by atoms with Crippen molar-refractivity contribution >= 4 is 28.9 Å². The topological polar surface area (TPSA) is 96.1 Å². The number of nitrogen functional groups attached to an aromatic ring is 1. The summed E-state index contributed by atoms with van der Waals surface area (Å²) in [6.07, 6.45) is 0.296. The van der Waals surface area contributed by atoms with Gasteiger partial charge in [0.2, 0.25) is 5.91 Å². The van der Waals surface area contributed by atoms with Crippen molar-refractivity contribution in [3.8, 4) is 6.07 Å². The standard InChI is InChI=1S/C11H11ClN4O/c12-8-1-2-9(11(15)7(8)4-13)16-5-6(14)3-10(16)17/h1-2,6H,3,5,14-15H2. The van der Waals surface area contributed by atoms with Crippen molar-refractivity contribution in [1.29, 1.82) is 5.26 Å². The molecule has 1 aliphatic rings. The molecule has 1 aromatic carbocycles. The van der Waals surface area contributed by atoms with Crippen LogP contribution in [-0.2, 0) is 4.79 Å². The molecule has 1 fully saturated rings. The number of hydrogen-bond donors (Lipinski definition) is 2. The molecule has 0 bridgehead atoms. The Morgan fingerprint density at radius 2 is 2.24 bits per heavy atom. The lowest BCUT2D eigenvalue weighted by Gasteiger charge is -2.19. The number of nitrogens with two attached hydrogens (primary N) is 2. The van der Waals surface area contributed by atoms with Gasteiger partial charge in [0.05, 0.1) is 22.0 Å². The van der Waals surface area contributed by atoms with Gasteiger partial charge in [-0.25, -0.2) is 0 Å². The van der Waals surface area contributed by atoms with Crippen LogP contribution in [0.25, 0.3) is 0 Å². The van der Waals surface area contributed by atoms with E-state index in [1.807, 2.05) is 6.07 Å². The Morgan fingerprint density at radius 3 is 2.76 bits per heavy atom. The maximum Gasteiger partial charge on any atom is 0.228 e. The first-order valence-corrected chi connectivity index (χ1v) is 5.46. The fraction of sp³-hybridized carbons (Fsp3) is 0.273. The largest absolute Gasteiger partial charge is 0.396 e. The van der Waals surface area contributed by atoms with E-state index in [1.165, 1.54) is 4.90 Å². The van der Waals surface area contributed by atoms with Gasteiger partial charge in [0.1, 0.15) is 6.07 Å². The predicted molar refractivity (Wildman–Crippen MR) is 65.5 cm³/mol. The normalized spacial score (nSPS) is 19.5. The first-order chi connectivity index (χ1) is 8.04. The number of halogens is 1. The third kappa shape index (κ3) is 1.93. The lowest BCUT2D eigenvalue weighted by atomic mass is 10.1. The van der Waals surface area contributed by atoms with Crippen molar-refractivity contribution in [3.63, 3.8) is 0 Å². The van der Waals surface area contributed by atoms with Crippen molar-refractivity contribution in [2.45, 2.75) is 12.5 Å². The summed E-state index contributed by atoms with van der Waals surface area (Å²) in [5.41, 5.74) is 12.5. The second kappa shape index (κ2) is 4.24. The number of carbonyl (C=O) groups is 1. The quantitative estimate of drug-likeness (QED) is 0.723. The Bertz CT molecular complexity index is 523. The van der Waals surface area contributed by atoms with Crippen LogP contribution in [-0.4, -0.2) is 18.5 Å². The molecule has 4 N–H and O–H groups in total. The zero-order chi connectivity index (χ0) is 12.6. The predicted octanol–water partition coefficient (Wildman–Crippen LogP) is 0.858. The number of anilines is 2. The molecule has 1 aromatic rings. The minimum Gasteiger partial charge on any atom is -0.396 e. The first kappa shape index (κ1) is 11.7. The van der Waals surface area contributed by atoms with E-state index in [-0.39, 0.29) is 28.2 Å². The second-order valence-electron chi connectivity index (χ2n) is 3.94. The highest BCUT2D eigenvalue weighted by atomic mass is 35.5. The molecule has 0 aromatic heterocycles. The first-order valence-electron chi connectivity index (χ1n) is 5.08. The van der Waals surface area contributed by atoms with Crippen LogP contribution >= 0.6 is 11.6 Å². The number of carbonyl (C=O) groups excluding carboxylic acids is 1. The maximum atomic E-state index is 11.7. The van der Waals surface area contributed by atoms with E-state index >= 15 is 0 Å². The van der Waals surface area contributed by atoms with Crippen LogP contribution in [0.3, 0.4) is 0 Å². The monoisotopic (exact) mass is 250 g/mol. The highest BCUT2D eigenvalue weighted by molar-refractivity contribution is 6.32. The molecule has 1 unspecified atom stereocenters. The minimum absolute atomic E-state index is 0.0876. The van der Waals surface area contributed by atoms with E-state index in [2.05, 4.69) is 0 Å². The summed E-state index contributed by atoms with van der Waals surface area (Å²) in [6, 6.07) is 4.93. The van der Waals surface area contributed by atoms with Gasteiger partial charge in [0.25, 0.3) is 0 Å². The van der Waals surface area contributed by atoms with Crippen molar-refractivity contribution in [1.82, 2.24) is 0 Å². The van der Waals surface area contributed by atoms with Gasteiger partial charge in [-0.3, -0.25) is 4.79 Å². The highest BCUT2D eigenvalue weighted by Gasteiger charge is 2.30. The second-order valence-corrected chi connectivity index (χ2v) is 4.34. The van der Waals surface area contributed by atoms with Crippen molar-refractivity contribution in [3.05, 3.63) is 22.7 Å². The molecule has 0 radical (unpaired) electrons. The fourth-order valence-corrected chi connectivity index (χ4v) is 2.11. The average Bonchev–Trinajstić information content (AvgIpc) is 2.59. The van der Waals surface area contributed by atoms with E-state index in [1.54, 1.807) is 12.1 Å². The number of amides is 1.